The SMILES string of the molecule is O=C1C=CN(C(=O)OCc2ccccc2)C(c2ccc(C(F)(F)F)cc2Cl)C1. The summed E-state index contributed by atoms with van der Waals surface area (Å²) in [4.78, 5) is 25.5. The van der Waals surface area contributed by atoms with Crippen molar-refractivity contribution in [2.24, 2.45) is 0 Å². The Morgan fingerprint density at radius 3 is 2.54 bits per heavy atom. The number of rotatable bonds is 3. The molecule has 0 bridgehead atoms. The zero-order valence-electron chi connectivity index (χ0n) is 14.4. The lowest BCUT2D eigenvalue weighted by Gasteiger charge is -2.31. The number of allylic oxidation sites excluding steroid dienone is 1. The van der Waals surface area contributed by atoms with Gasteiger partial charge in [0.2, 0.25) is 0 Å². The summed E-state index contributed by atoms with van der Waals surface area (Å²) >= 11 is 6.05. The van der Waals surface area contributed by atoms with Crippen LogP contribution >= 0.6 is 11.6 Å². The summed E-state index contributed by atoms with van der Waals surface area (Å²) in [5.74, 6) is -0.270. The van der Waals surface area contributed by atoms with E-state index in [1.807, 2.05) is 6.07 Å². The van der Waals surface area contributed by atoms with Crippen molar-refractivity contribution in [1.82, 2.24) is 4.90 Å². The van der Waals surface area contributed by atoms with Crippen molar-refractivity contribution in [3.8, 4) is 0 Å². The molecule has 1 amide bonds. The molecule has 0 aromatic heterocycles. The highest BCUT2D eigenvalue weighted by Gasteiger charge is 2.34. The monoisotopic (exact) mass is 409 g/mol. The van der Waals surface area contributed by atoms with Crippen molar-refractivity contribution >= 4 is 23.5 Å². The van der Waals surface area contributed by atoms with Crippen LogP contribution in [0, 0.1) is 0 Å². The molecular weight excluding hydrogens is 395 g/mol. The molecule has 2 aromatic rings. The lowest BCUT2D eigenvalue weighted by atomic mass is 9.96. The highest BCUT2D eigenvalue weighted by molar-refractivity contribution is 6.31. The Labute approximate surface area is 164 Å². The Hall–Kier alpha value is -2.80. The average Bonchev–Trinajstić information content (AvgIpc) is 2.66. The summed E-state index contributed by atoms with van der Waals surface area (Å²) in [5, 5.41) is -0.177. The van der Waals surface area contributed by atoms with Crippen LogP contribution in [0.3, 0.4) is 0 Å². The number of benzene rings is 2. The first-order valence-electron chi connectivity index (χ1n) is 8.32. The van der Waals surface area contributed by atoms with Crippen molar-refractivity contribution in [3.05, 3.63) is 82.5 Å². The van der Waals surface area contributed by atoms with Gasteiger partial charge in [-0.2, -0.15) is 13.2 Å². The minimum Gasteiger partial charge on any atom is -0.444 e. The zero-order valence-corrected chi connectivity index (χ0v) is 15.2. The predicted octanol–water partition coefficient (Wildman–Crippen LogP) is 5.53. The van der Waals surface area contributed by atoms with Crippen molar-refractivity contribution in [3.63, 3.8) is 0 Å². The van der Waals surface area contributed by atoms with Crippen LogP contribution < -0.4 is 0 Å². The molecule has 28 heavy (non-hydrogen) atoms. The highest BCUT2D eigenvalue weighted by atomic mass is 35.5. The molecule has 2 aromatic carbocycles. The Balaban J connectivity index is 1.83. The second-order valence-corrected chi connectivity index (χ2v) is 6.59. The molecule has 1 atom stereocenters. The van der Waals surface area contributed by atoms with Gasteiger partial charge in [0.1, 0.15) is 6.61 Å². The molecule has 1 heterocycles. The smallest absolute Gasteiger partial charge is 0.416 e. The fraction of sp³-hybridized carbons (Fsp3) is 0.200. The van der Waals surface area contributed by atoms with Crippen LogP contribution in [0.25, 0.3) is 0 Å². The lowest BCUT2D eigenvalue weighted by molar-refractivity contribution is -0.137. The van der Waals surface area contributed by atoms with E-state index in [0.717, 1.165) is 17.7 Å². The zero-order chi connectivity index (χ0) is 20.3. The minimum atomic E-state index is -4.54. The van der Waals surface area contributed by atoms with E-state index in [-0.39, 0.29) is 29.4 Å². The number of carbonyl (C=O) groups is 2. The summed E-state index contributed by atoms with van der Waals surface area (Å²) in [6, 6.07) is 11.0. The Bertz CT molecular complexity index is 913. The molecular formula is C20H15ClF3NO3. The fourth-order valence-corrected chi connectivity index (χ4v) is 3.15. The molecule has 0 fully saturated rings. The number of carbonyl (C=O) groups excluding carboxylic acids is 2. The molecule has 0 N–H and O–H groups in total. The third-order valence-corrected chi connectivity index (χ3v) is 4.58. The van der Waals surface area contributed by atoms with E-state index in [0.29, 0.717) is 0 Å². The Morgan fingerprint density at radius 2 is 1.89 bits per heavy atom. The van der Waals surface area contributed by atoms with Gasteiger partial charge in [0.05, 0.1) is 11.6 Å². The van der Waals surface area contributed by atoms with E-state index in [4.69, 9.17) is 16.3 Å². The van der Waals surface area contributed by atoms with Gasteiger partial charge in [-0.3, -0.25) is 9.69 Å². The van der Waals surface area contributed by atoms with Gasteiger partial charge in [-0.25, -0.2) is 4.79 Å². The standard InChI is InChI=1S/C20H15ClF3NO3/c21-17-10-14(20(22,23)24)6-7-16(17)18-11-15(26)8-9-25(18)19(27)28-12-13-4-2-1-3-5-13/h1-10,18H,11-12H2. The molecule has 0 saturated heterocycles. The van der Waals surface area contributed by atoms with Crippen LogP contribution in [-0.2, 0) is 22.3 Å². The molecule has 146 valence electrons. The third kappa shape index (κ3) is 4.54. The first-order valence-corrected chi connectivity index (χ1v) is 8.70. The molecule has 1 aliphatic heterocycles. The average molecular weight is 410 g/mol. The fourth-order valence-electron chi connectivity index (χ4n) is 2.84. The number of hydrogen-bond acceptors (Lipinski definition) is 3. The van der Waals surface area contributed by atoms with E-state index in [1.54, 1.807) is 24.3 Å². The first kappa shape index (κ1) is 19.9. The van der Waals surface area contributed by atoms with Gasteiger partial charge < -0.3 is 4.74 Å². The molecule has 0 spiro atoms. The lowest BCUT2D eigenvalue weighted by Crippen LogP contribution is -2.35. The molecule has 1 unspecified atom stereocenters. The predicted molar refractivity (Wildman–Crippen MR) is 96.4 cm³/mol. The van der Waals surface area contributed by atoms with Crippen LogP contribution in [0.1, 0.15) is 29.2 Å². The van der Waals surface area contributed by atoms with E-state index in [2.05, 4.69) is 0 Å². The van der Waals surface area contributed by atoms with Crippen molar-refractivity contribution in [2.45, 2.75) is 25.2 Å². The van der Waals surface area contributed by atoms with E-state index in [1.165, 1.54) is 23.2 Å². The Kier molecular flexibility index (Phi) is 5.74. The van der Waals surface area contributed by atoms with Gasteiger partial charge in [-0.05, 0) is 29.3 Å². The van der Waals surface area contributed by atoms with Gasteiger partial charge in [-0.15, -0.1) is 0 Å². The molecule has 4 nitrogen and oxygen atoms in total. The molecule has 0 saturated carbocycles. The van der Waals surface area contributed by atoms with Crippen LogP contribution in [0.5, 0.6) is 0 Å². The Morgan fingerprint density at radius 1 is 1.18 bits per heavy atom. The summed E-state index contributed by atoms with van der Waals surface area (Å²) in [5.41, 5.74) is 0.109. The van der Waals surface area contributed by atoms with Crippen LogP contribution in [-0.4, -0.2) is 16.8 Å². The molecule has 1 aliphatic rings. The second-order valence-electron chi connectivity index (χ2n) is 6.18. The van der Waals surface area contributed by atoms with Crippen molar-refractivity contribution in [2.75, 3.05) is 0 Å². The largest absolute Gasteiger partial charge is 0.444 e. The van der Waals surface area contributed by atoms with Crippen LogP contribution in [0.15, 0.2) is 60.8 Å². The van der Waals surface area contributed by atoms with Gasteiger partial charge in [0.25, 0.3) is 0 Å². The third-order valence-electron chi connectivity index (χ3n) is 4.25. The number of amides is 1. The topological polar surface area (TPSA) is 46.6 Å². The maximum absolute atomic E-state index is 12.9. The number of ether oxygens (including phenoxy) is 1. The maximum Gasteiger partial charge on any atom is 0.416 e. The van der Waals surface area contributed by atoms with Crippen LogP contribution in [0.4, 0.5) is 18.0 Å². The van der Waals surface area contributed by atoms with E-state index < -0.39 is 23.9 Å². The number of halogens is 4. The van der Waals surface area contributed by atoms with Crippen LogP contribution in [0.2, 0.25) is 5.02 Å². The summed E-state index contributed by atoms with van der Waals surface area (Å²) < 4.78 is 43.9. The quantitative estimate of drug-likeness (QED) is 0.670. The number of alkyl halides is 3. The molecule has 0 radical (unpaired) electrons. The summed E-state index contributed by atoms with van der Waals surface area (Å²) in [7, 11) is 0. The summed E-state index contributed by atoms with van der Waals surface area (Å²) in [6.07, 6.45) is -2.90. The molecule has 3 rings (SSSR count). The number of nitrogens with zero attached hydrogens (tertiary/aromatic N) is 1. The van der Waals surface area contributed by atoms with Gasteiger partial charge in [0, 0.05) is 17.6 Å². The number of ketones is 1. The normalized spacial score (nSPS) is 16.9. The molecule has 8 heteroatoms. The minimum absolute atomic E-state index is 0.0193. The van der Waals surface area contributed by atoms with E-state index in [9.17, 15) is 22.8 Å². The maximum atomic E-state index is 12.9. The highest BCUT2D eigenvalue weighted by Crippen LogP contribution is 2.37. The van der Waals surface area contributed by atoms with E-state index >= 15 is 0 Å². The van der Waals surface area contributed by atoms with Crippen molar-refractivity contribution in [1.29, 1.82) is 0 Å². The molecule has 0 aliphatic carbocycles. The van der Waals surface area contributed by atoms with Gasteiger partial charge in [0.15, 0.2) is 5.78 Å². The van der Waals surface area contributed by atoms with Crippen molar-refractivity contribution < 1.29 is 27.5 Å². The summed E-state index contributed by atoms with van der Waals surface area (Å²) in [6.45, 7) is 0.0193. The van der Waals surface area contributed by atoms with Gasteiger partial charge in [-0.1, -0.05) is 48.0 Å². The second kappa shape index (κ2) is 8.06. The number of hydrogen-bond donors (Lipinski definition) is 0. The first-order chi connectivity index (χ1) is 13.3. The van der Waals surface area contributed by atoms with Gasteiger partial charge >= 0.3 is 12.3 Å².